The van der Waals surface area contributed by atoms with E-state index >= 15 is 0 Å². The van der Waals surface area contributed by atoms with Gasteiger partial charge in [-0.2, -0.15) is 0 Å². The summed E-state index contributed by atoms with van der Waals surface area (Å²) in [6.45, 7) is 8.95. The van der Waals surface area contributed by atoms with E-state index in [0.717, 1.165) is 50.3 Å². The maximum atomic E-state index is 13.6. The Bertz CT molecular complexity index is 584. The lowest BCUT2D eigenvalue weighted by molar-refractivity contribution is 0.243. The Balaban J connectivity index is 1.97. The van der Waals surface area contributed by atoms with E-state index < -0.39 is 0 Å². The number of guanidine groups is 1. The Hall–Kier alpha value is -1.62. The second kappa shape index (κ2) is 9.91. The van der Waals surface area contributed by atoms with Crippen LogP contribution >= 0.6 is 0 Å². The molecule has 0 aromatic heterocycles. The molecule has 2 rings (SSSR count). The van der Waals surface area contributed by atoms with E-state index in [0.29, 0.717) is 18.4 Å². The highest BCUT2D eigenvalue weighted by atomic mass is 19.1. The summed E-state index contributed by atoms with van der Waals surface area (Å²) >= 11 is 0. The van der Waals surface area contributed by atoms with Crippen molar-refractivity contribution in [3.05, 3.63) is 35.6 Å². The molecule has 3 N–H and O–H groups in total. The number of hydrogen-bond donors (Lipinski definition) is 3. The normalized spacial score (nSPS) is 17.2. The standard InChI is InChI=1S/C21H34FN3O/c1-4-23-20(24-14-17(8-11-26)12-16(2)3)25-15-21(9-10-21)18-6-5-7-19(22)13-18/h5-7,13,16-17,26H,4,8-12,14-15H2,1-3H3,(H2,23,24,25). The molecule has 146 valence electrons. The molecule has 5 heteroatoms. The van der Waals surface area contributed by atoms with E-state index in [-0.39, 0.29) is 17.8 Å². The predicted molar refractivity (Wildman–Crippen MR) is 106 cm³/mol. The van der Waals surface area contributed by atoms with Crippen molar-refractivity contribution in [3.8, 4) is 0 Å². The molecule has 0 heterocycles. The summed E-state index contributed by atoms with van der Waals surface area (Å²) in [5, 5.41) is 16.0. The first-order valence-corrected chi connectivity index (χ1v) is 9.88. The highest BCUT2D eigenvalue weighted by Crippen LogP contribution is 2.48. The zero-order valence-corrected chi connectivity index (χ0v) is 16.4. The third kappa shape index (κ3) is 6.27. The first-order valence-electron chi connectivity index (χ1n) is 9.88. The zero-order chi connectivity index (χ0) is 19.0. The Labute approximate surface area is 157 Å². The van der Waals surface area contributed by atoms with E-state index in [2.05, 4.69) is 31.4 Å². The second-order valence-corrected chi connectivity index (χ2v) is 7.87. The highest BCUT2D eigenvalue weighted by Gasteiger charge is 2.44. The Kier molecular flexibility index (Phi) is 7.88. The molecule has 0 amide bonds. The summed E-state index contributed by atoms with van der Waals surface area (Å²) in [6, 6.07) is 6.92. The molecular weight excluding hydrogens is 329 g/mol. The molecule has 1 saturated carbocycles. The second-order valence-electron chi connectivity index (χ2n) is 7.87. The van der Waals surface area contributed by atoms with Crippen LogP contribution in [0, 0.1) is 17.7 Å². The highest BCUT2D eigenvalue weighted by molar-refractivity contribution is 5.79. The summed E-state index contributed by atoms with van der Waals surface area (Å²) in [7, 11) is 0. The summed E-state index contributed by atoms with van der Waals surface area (Å²) in [5.74, 6) is 1.67. The van der Waals surface area contributed by atoms with Crippen LogP contribution in [0.1, 0.15) is 52.0 Å². The van der Waals surface area contributed by atoms with Gasteiger partial charge < -0.3 is 15.7 Å². The zero-order valence-electron chi connectivity index (χ0n) is 16.4. The van der Waals surface area contributed by atoms with Crippen molar-refractivity contribution in [1.82, 2.24) is 10.6 Å². The minimum atomic E-state index is -0.177. The third-order valence-electron chi connectivity index (χ3n) is 5.07. The lowest BCUT2D eigenvalue weighted by atomic mass is 9.94. The topological polar surface area (TPSA) is 56.7 Å². The van der Waals surface area contributed by atoms with Crippen LogP contribution in [0.15, 0.2) is 29.3 Å². The van der Waals surface area contributed by atoms with Gasteiger partial charge in [-0.25, -0.2) is 4.39 Å². The molecule has 1 fully saturated rings. The maximum Gasteiger partial charge on any atom is 0.191 e. The summed E-state index contributed by atoms with van der Waals surface area (Å²) < 4.78 is 13.6. The fraction of sp³-hybridized carbons (Fsp3) is 0.667. The van der Waals surface area contributed by atoms with Crippen LogP contribution in [0.3, 0.4) is 0 Å². The van der Waals surface area contributed by atoms with Crippen LogP contribution in [0.5, 0.6) is 0 Å². The Morgan fingerprint density at radius 2 is 2.08 bits per heavy atom. The minimum Gasteiger partial charge on any atom is -0.396 e. The van der Waals surface area contributed by atoms with Crippen LogP contribution in [-0.4, -0.2) is 37.3 Å². The molecule has 1 atom stereocenters. The van der Waals surface area contributed by atoms with E-state index in [4.69, 9.17) is 4.99 Å². The fourth-order valence-electron chi connectivity index (χ4n) is 3.47. The van der Waals surface area contributed by atoms with Gasteiger partial charge in [0.05, 0.1) is 6.54 Å². The molecule has 0 saturated heterocycles. The number of aliphatic imine (C=N–C) groups is 1. The average Bonchev–Trinajstić information content (AvgIpc) is 3.38. The smallest absolute Gasteiger partial charge is 0.191 e. The first kappa shape index (κ1) is 20.7. The lowest BCUT2D eigenvalue weighted by Gasteiger charge is -2.21. The maximum absolute atomic E-state index is 13.6. The largest absolute Gasteiger partial charge is 0.396 e. The lowest BCUT2D eigenvalue weighted by Crippen LogP contribution is -2.40. The Morgan fingerprint density at radius 3 is 2.65 bits per heavy atom. The van der Waals surface area contributed by atoms with Crippen LogP contribution < -0.4 is 10.6 Å². The summed E-state index contributed by atoms with van der Waals surface area (Å²) in [4.78, 5) is 4.77. The number of nitrogens with one attached hydrogen (secondary N) is 2. The molecule has 0 spiro atoms. The number of hydrogen-bond acceptors (Lipinski definition) is 2. The van der Waals surface area contributed by atoms with E-state index in [9.17, 15) is 9.50 Å². The van der Waals surface area contributed by atoms with Gasteiger partial charge in [-0.05, 0) is 62.1 Å². The average molecular weight is 364 g/mol. The number of aliphatic hydroxyl groups excluding tert-OH is 1. The van der Waals surface area contributed by atoms with Crippen LogP contribution in [0.25, 0.3) is 0 Å². The van der Waals surface area contributed by atoms with Crippen molar-refractivity contribution in [2.24, 2.45) is 16.8 Å². The molecule has 1 aliphatic carbocycles. The number of aliphatic hydroxyl groups is 1. The van der Waals surface area contributed by atoms with Gasteiger partial charge in [-0.15, -0.1) is 0 Å². The minimum absolute atomic E-state index is 0.00706. The van der Waals surface area contributed by atoms with Gasteiger partial charge in [0, 0.05) is 25.1 Å². The van der Waals surface area contributed by atoms with E-state index in [1.54, 1.807) is 12.1 Å². The molecule has 1 aliphatic rings. The van der Waals surface area contributed by atoms with Gasteiger partial charge in [-0.1, -0.05) is 26.0 Å². The van der Waals surface area contributed by atoms with Gasteiger partial charge in [0.15, 0.2) is 5.96 Å². The van der Waals surface area contributed by atoms with Gasteiger partial charge in [0.1, 0.15) is 5.82 Å². The molecule has 4 nitrogen and oxygen atoms in total. The van der Waals surface area contributed by atoms with Crippen LogP contribution in [-0.2, 0) is 5.41 Å². The van der Waals surface area contributed by atoms with Crippen molar-refractivity contribution in [3.63, 3.8) is 0 Å². The van der Waals surface area contributed by atoms with Crippen molar-refractivity contribution in [1.29, 1.82) is 0 Å². The first-order chi connectivity index (χ1) is 12.5. The number of rotatable bonds is 10. The van der Waals surface area contributed by atoms with Crippen molar-refractivity contribution < 1.29 is 9.50 Å². The monoisotopic (exact) mass is 363 g/mol. The van der Waals surface area contributed by atoms with E-state index in [1.165, 1.54) is 6.07 Å². The summed E-state index contributed by atoms with van der Waals surface area (Å²) in [6.07, 6.45) is 4.00. The third-order valence-corrected chi connectivity index (χ3v) is 5.07. The molecule has 0 bridgehead atoms. The summed E-state index contributed by atoms with van der Waals surface area (Å²) in [5.41, 5.74) is 1.04. The molecule has 26 heavy (non-hydrogen) atoms. The van der Waals surface area contributed by atoms with Gasteiger partial charge in [-0.3, -0.25) is 4.99 Å². The SMILES string of the molecule is CCNC(=NCC1(c2cccc(F)c2)CC1)NCC(CCO)CC(C)C. The molecule has 0 radical (unpaired) electrons. The molecular formula is C21H34FN3O. The van der Waals surface area contributed by atoms with Gasteiger partial charge in [0.2, 0.25) is 0 Å². The van der Waals surface area contributed by atoms with Crippen LogP contribution in [0.4, 0.5) is 4.39 Å². The Morgan fingerprint density at radius 1 is 1.31 bits per heavy atom. The number of nitrogens with zero attached hydrogens (tertiary/aromatic N) is 1. The van der Waals surface area contributed by atoms with E-state index in [1.807, 2.05) is 6.07 Å². The number of halogens is 1. The molecule has 1 aromatic rings. The number of benzene rings is 1. The van der Waals surface area contributed by atoms with Gasteiger partial charge >= 0.3 is 0 Å². The molecule has 0 aliphatic heterocycles. The van der Waals surface area contributed by atoms with Gasteiger partial charge in [0.25, 0.3) is 0 Å². The van der Waals surface area contributed by atoms with Crippen LogP contribution in [0.2, 0.25) is 0 Å². The fourth-order valence-corrected chi connectivity index (χ4v) is 3.47. The van der Waals surface area contributed by atoms with Crippen molar-refractivity contribution in [2.45, 2.75) is 51.9 Å². The molecule has 1 unspecified atom stereocenters. The molecule has 1 aromatic carbocycles. The van der Waals surface area contributed by atoms with Crippen molar-refractivity contribution in [2.75, 3.05) is 26.2 Å². The van der Waals surface area contributed by atoms with Crippen molar-refractivity contribution >= 4 is 5.96 Å². The predicted octanol–water partition coefficient (Wildman–Crippen LogP) is 3.46. The quantitative estimate of drug-likeness (QED) is 0.441.